The Hall–Kier alpha value is -0.471. The van der Waals surface area contributed by atoms with Crippen LogP contribution in [0.5, 0.6) is 0 Å². The minimum Gasteiger partial charge on any atom is -0.139 e. The summed E-state index contributed by atoms with van der Waals surface area (Å²) in [6.45, 7) is 0. The molecular formula is C3H3CuN3. The Morgan fingerprint density at radius 3 is 1.71 bits per heavy atom. The molecule has 41 valence electrons. The minimum absolute atomic E-state index is 0. The van der Waals surface area contributed by atoms with Gasteiger partial charge >= 0.3 is 0 Å². The molecule has 1 rings (SSSR count). The molecule has 4 heteroatoms. The molecule has 0 bridgehead atoms. The van der Waals surface area contributed by atoms with Crippen molar-refractivity contribution < 1.29 is 17.1 Å². The fourth-order valence-corrected chi connectivity index (χ4v) is 0.205. The van der Waals surface area contributed by atoms with Gasteiger partial charge in [0, 0.05) is 17.1 Å². The molecule has 0 fully saturated rings. The van der Waals surface area contributed by atoms with Crippen LogP contribution in [-0.2, 0) is 17.1 Å². The van der Waals surface area contributed by atoms with Gasteiger partial charge < -0.3 is 0 Å². The number of aromatic nitrogens is 3. The molecule has 1 heterocycles. The van der Waals surface area contributed by atoms with E-state index in [9.17, 15) is 0 Å². The van der Waals surface area contributed by atoms with Gasteiger partial charge in [-0.05, 0) is 11.3 Å². The Labute approximate surface area is 51.6 Å². The second-order valence-corrected chi connectivity index (χ2v) is 0.811. The average molecular weight is 145 g/mol. The van der Waals surface area contributed by atoms with Crippen molar-refractivity contribution in [1.82, 2.24) is 15.4 Å². The van der Waals surface area contributed by atoms with Gasteiger partial charge in [-0.15, -0.1) is 10.2 Å². The molecular weight excluding hydrogens is 142 g/mol. The van der Waals surface area contributed by atoms with Crippen LogP contribution >= 0.6 is 0 Å². The molecule has 1 aromatic heterocycles. The Morgan fingerprint density at radius 1 is 1.00 bits per heavy atom. The topological polar surface area (TPSA) is 38.7 Å². The molecule has 7 heavy (non-hydrogen) atoms. The zero-order valence-electron chi connectivity index (χ0n) is 3.38. The molecule has 0 amide bonds. The van der Waals surface area contributed by atoms with Crippen LogP contribution in [0, 0.1) is 0 Å². The molecule has 0 spiro atoms. The van der Waals surface area contributed by atoms with Gasteiger partial charge in [0.25, 0.3) is 0 Å². The van der Waals surface area contributed by atoms with Crippen LogP contribution in [0.25, 0.3) is 0 Å². The van der Waals surface area contributed by atoms with Gasteiger partial charge in [0.15, 0.2) is 0 Å². The maximum Gasteiger partial charge on any atom is 0.0529 e. The van der Waals surface area contributed by atoms with Gasteiger partial charge in [0.2, 0.25) is 0 Å². The molecule has 0 saturated heterocycles. The minimum atomic E-state index is 0. The van der Waals surface area contributed by atoms with Crippen molar-refractivity contribution in [1.29, 1.82) is 0 Å². The van der Waals surface area contributed by atoms with Crippen LogP contribution in [0.4, 0.5) is 0 Å². The maximum absolute atomic E-state index is 3.42. The van der Waals surface area contributed by atoms with Crippen LogP contribution in [0.3, 0.4) is 0 Å². The first kappa shape index (κ1) is 6.53. The van der Waals surface area contributed by atoms with E-state index in [1.165, 1.54) is 0 Å². The average Bonchev–Trinajstić information content (AvgIpc) is 1.72. The van der Waals surface area contributed by atoms with E-state index < -0.39 is 0 Å². The third-order valence-electron chi connectivity index (χ3n) is 0.409. The fourth-order valence-electron chi connectivity index (χ4n) is 0.205. The number of hydrogen-bond donors (Lipinski definition) is 0. The zero-order valence-corrected chi connectivity index (χ0v) is 4.32. The summed E-state index contributed by atoms with van der Waals surface area (Å²) in [7, 11) is 0. The van der Waals surface area contributed by atoms with Crippen LogP contribution in [0.15, 0.2) is 18.5 Å². The third-order valence-corrected chi connectivity index (χ3v) is 0.409. The van der Waals surface area contributed by atoms with Crippen molar-refractivity contribution in [3.63, 3.8) is 0 Å². The van der Waals surface area contributed by atoms with E-state index in [0.717, 1.165) is 0 Å². The summed E-state index contributed by atoms with van der Waals surface area (Å²) in [4.78, 5) is 0. The predicted molar refractivity (Wildman–Crippen MR) is 19.8 cm³/mol. The van der Waals surface area contributed by atoms with Gasteiger partial charge in [-0.1, -0.05) is 0 Å². The summed E-state index contributed by atoms with van der Waals surface area (Å²) in [5.41, 5.74) is 0. The largest absolute Gasteiger partial charge is 0.139 e. The van der Waals surface area contributed by atoms with Crippen molar-refractivity contribution in [3.05, 3.63) is 18.5 Å². The molecule has 0 aliphatic heterocycles. The third kappa shape index (κ3) is 2.25. The Kier molecular flexibility index (Phi) is 3.46. The number of rotatable bonds is 0. The van der Waals surface area contributed by atoms with Gasteiger partial charge in [0.05, 0.1) is 12.4 Å². The summed E-state index contributed by atoms with van der Waals surface area (Å²) in [6, 6.07) is 1.72. The van der Waals surface area contributed by atoms with Crippen molar-refractivity contribution >= 4 is 0 Å². The summed E-state index contributed by atoms with van der Waals surface area (Å²) in [5, 5.41) is 10.1. The van der Waals surface area contributed by atoms with Crippen molar-refractivity contribution in [2.45, 2.75) is 0 Å². The van der Waals surface area contributed by atoms with E-state index >= 15 is 0 Å². The first-order valence-corrected chi connectivity index (χ1v) is 1.58. The smallest absolute Gasteiger partial charge is 0.0529 e. The molecule has 0 aromatic carbocycles. The van der Waals surface area contributed by atoms with E-state index in [-0.39, 0.29) is 17.1 Å². The van der Waals surface area contributed by atoms with E-state index in [1.807, 2.05) is 0 Å². The normalized spacial score (nSPS) is 6.86. The van der Waals surface area contributed by atoms with Gasteiger partial charge in [-0.2, -0.15) is 0 Å². The molecule has 1 radical (unpaired) electrons. The standard InChI is InChI=1S/C3H3N3.Cu/c1-2-4-6-5-3-1;/h1-3H;. The summed E-state index contributed by atoms with van der Waals surface area (Å²) < 4.78 is 0. The Bertz CT molecular complexity index is 82.1. The van der Waals surface area contributed by atoms with Crippen LogP contribution < -0.4 is 0 Å². The quantitative estimate of drug-likeness (QED) is 0.477. The first-order chi connectivity index (χ1) is 3.00. The Balaban J connectivity index is 0.000000360. The molecule has 0 N–H and O–H groups in total. The maximum atomic E-state index is 3.42. The van der Waals surface area contributed by atoms with E-state index in [2.05, 4.69) is 15.4 Å². The number of hydrogen-bond acceptors (Lipinski definition) is 3. The van der Waals surface area contributed by atoms with Gasteiger partial charge in [0.1, 0.15) is 0 Å². The second-order valence-electron chi connectivity index (χ2n) is 0.811. The SMILES string of the molecule is [Cu].c1cnnnc1. The molecule has 0 saturated carbocycles. The fraction of sp³-hybridized carbons (Fsp3) is 0. The van der Waals surface area contributed by atoms with Gasteiger partial charge in [-0.25, -0.2) is 0 Å². The first-order valence-electron chi connectivity index (χ1n) is 1.58. The molecule has 0 aliphatic rings. The second kappa shape index (κ2) is 3.71. The molecule has 0 atom stereocenters. The van der Waals surface area contributed by atoms with Crippen LogP contribution in [0.1, 0.15) is 0 Å². The van der Waals surface area contributed by atoms with Crippen molar-refractivity contribution in [3.8, 4) is 0 Å². The summed E-state index contributed by atoms with van der Waals surface area (Å²) in [5.74, 6) is 0. The van der Waals surface area contributed by atoms with Crippen LogP contribution in [0.2, 0.25) is 0 Å². The van der Waals surface area contributed by atoms with E-state index in [4.69, 9.17) is 0 Å². The van der Waals surface area contributed by atoms with Crippen LogP contribution in [-0.4, -0.2) is 15.4 Å². The summed E-state index contributed by atoms with van der Waals surface area (Å²) in [6.07, 6.45) is 3.15. The number of nitrogens with zero attached hydrogens (tertiary/aromatic N) is 3. The monoisotopic (exact) mass is 144 g/mol. The van der Waals surface area contributed by atoms with Gasteiger partial charge in [-0.3, -0.25) is 0 Å². The molecule has 1 aromatic rings. The zero-order chi connectivity index (χ0) is 4.24. The van der Waals surface area contributed by atoms with Crippen molar-refractivity contribution in [2.24, 2.45) is 0 Å². The van der Waals surface area contributed by atoms with Crippen molar-refractivity contribution in [2.75, 3.05) is 0 Å². The summed E-state index contributed by atoms with van der Waals surface area (Å²) >= 11 is 0. The van der Waals surface area contributed by atoms with E-state index in [1.54, 1.807) is 18.5 Å². The van der Waals surface area contributed by atoms with E-state index in [0.29, 0.717) is 0 Å². The Morgan fingerprint density at radius 2 is 1.57 bits per heavy atom. The molecule has 0 aliphatic carbocycles. The molecule has 3 nitrogen and oxygen atoms in total. The molecule has 0 unspecified atom stereocenters. The predicted octanol–water partition coefficient (Wildman–Crippen LogP) is -0.131.